The minimum atomic E-state index is -0.833. The third-order valence-electron chi connectivity index (χ3n) is 16.5. The summed E-state index contributed by atoms with van der Waals surface area (Å²) in [7, 11) is 0. The van der Waals surface area contributed by atoms with Crippen LogP contribution in [-0.4, -0.2) is 81.1 Å². The highest BCUT2D eigenvalue weighted by Gasteiger charge is 2.58. The second-order valence-electron chi connectivity index (χ2n) is 19.1. The zero-order chi connectivity index (χ0) is 40.8. The van der Waals surface area contributed by atoms with E-state index in [9.17, 15) is 20.4 Å². The van der Waals surface area contributed by atoms with E-state index >= 15 is 0 Å². The van der Waals surface area contributed by atoms with Gasteiger partial charge < -0.3 is 42.1 Å². The Morgan fingerprint density at radius 1 is 0.611 bits per heavy atom. The molecule has 6 saturated carbocycles. The molecule has 6 fully saturated rings. The van der Waals surface area contributed by atoms with Gasteiger partial charge in [0.25, 0.3) is 11.9 Å². The Labute approximate surface area is 326 Å². The Balaban J connectivity index is 0.000000243. The number of hydrogen-bond acceptors (Lipinski definition) is 8. The van der Waals surface area contributed by atoms with Crippen molar-refractivity contribution in [3.05, 3.63) is 24.3 Å². The number of fused-ring (bicyclic) bond motifs is 2. The van der Waals surface area contributed by atoms with Gasteiger partial charge in [0, 0.05) is 27.1 Å². The fraction of sp³-hybridized carbons (Fsp3) is 0.864. The largest absolute Gasteiger partial charge is 0.481 e. The Morgan fingerprint density at radius 2 is 0.926 bits per heavy atom. The lowest BCUT2D eigenvalue weighted by atomic mass is 9.49. The number of aliphatic hydroxyl groups excluding tert-OH is 4. The van der Waals surface area contributed by atoms with Crippen molar-refractivity contribution in [3.63, 3.8) is 0 Å². The zero-order valence-corrected chi connectivity index (χ0v) is 34.6. The van der Waals surface area contributed by atoms with Gasteiger partial charge >= 0.3 is 0 Å². The normalized spacial score (nSPS) is 44.2. The van der Waals surface area contributed by atoms with Gasteiger partial charge in [-0.2, -0.15) is 0 Å². The zero-order valence-electron chi connectivity index (χ0n) is 34.6. The van der Waals surface area contributed by atoms with Crippen LogP contribution in [-0.2, 0) is 9.59 Å². The molecule has 0 radical (unpaired) electrons. The first-order valence-corrected chi connectivity index (χ1v) is 20.9. The molecule has 6 aliphatic carbocycles. The molecule has 312 valence electrons. The maximum atomic E-state index is 10.0. The fourth-order valence-electron chi connectivity index (χ4n) is 13.0. The van der Waals surface area contributed by atoms with Gasteiger partial charge in [-0.1, -0.05) is 52.0 Å². The van der Waals surface area contributed by atoms with Gasteiger partial charge in [0.1, 0.15) is 0 Å². The van der Waals surface area contributed by atoms with E-state index in [4.69, 9.17) is 31.3 Å². The van der Waals surface area contributed by atoms with E-state index < -0.39 is 11.9 Å². The molecule has 0 bridgehead atoms. The van der Waals surface area contributed by atoms with Crippen molar-refractivity contribution in [2.75, 3.05) is 26.3 Å². The predicted molar refractivity (Wildman–Crippen MR) is 214 cm³/mol. The van der Waals surface area contributed by atoms with Crippen molar-refractivity contribution in [2.45, 2.75) is 144 Å². The first kappa shape index (κ1) is 46.6. The van der Waals surface area contributed by atoms with Crippen LogP contribution in [0.2, 0.25) is 0 Å². The molecule has 10 heteroatoms. The average Bonchev–Trinajstić information content (AvgIpc) is 3.59. The maximum Gasteiger partial charge on any atom is 0.300 e. The van der Waals surface area contributed by atoms with Crippen molar-refractivity contribution < 1.29 is 40.2 Å². The molecule has 6 aliphatic rings. The van der Waals surface area contributed by atoms with Crippen LogP contribution in [0.3, 0.4) is 0 Å². The molecule has 0 unspecified atom stereocenters. The Bertz CT molecular complexity index is 1190. The van der Waals surface area contributed by atoms with Crippen molar-refractivity contribution in [3.8, 4) is 0 Å². The molecule has 0 aromatic carbocycles. The number of nitrogens with two attached hydrogens (primary N) is 2. The number of allylic oxidation sites excluding steroid dienone is 2. The van der Waals surface area contributed by atoms with Gasteiger partial charge in [-0.3, -0.25) is 9.59 Å². The van der Waals surface area contributed by atoms with E-state index in [0.717, 1.165) is 78.3 Å². The van der Waals surface area contributed by atoms with E-state index in [1.165, 1.54) is 49.7 Å². The summed E-state index contributed by atoms with van der Waals surface area (Å²) in [6, 6.07) is 0. The quantitative estimate of drug-likeness (QED) is 0.140. The first-order valence-electron chi connectivity index (χ1n) is 20.9. The molecule has 6 rings (SSSR count). The minimum absolute atomic E-state index is 0.114. The molecular formula is C44H78N2O8. The Morgan fingerprint density at radius 3 is 1.20 bits per heavy atom. The third kappa shape index (κ3) is 9.64. The molecule has 0 amide bonds. The third-order valence-corrected chi connectivity index (χ3v) is 16.5. The highest BCUT2D eigenvalue weighted by Crippen LogP contribution is 2.64. The summed E-state index contributed by atoms with van der Waals surface area (Å²) in [6.07, 6.45) is 14.4. The number of aliphatic hydroxyl groups is 4. The van der Waals surface area contributed by atoms with Crippen molar-refractivity contribution in [1.82, 2.24) is 0 Å². The lowest BCUT2D eigenvalue weighted by molar-refractivity contribution is -0.135. The van der Waals surface area contributed by atoms with Gasteiger partial charge in [0.2, 0.25) is 0 Å². The summed E-state index contributed by atoms with van der Waals surface area (Å²) in [6.45, 7) is 22.3. The number of hydrogen-bond donors (Lipinski definition) is 8. The summed E-state index contributed by atoms with van der Waals surface area (Å²) < 4.78 is 0. The van der Waals surface area contributed by atoms with Crippen LogP contribution in [0.15, 0.2) is 24.3 Å². The summed E-state index contributed by atoms with van der Waals surface area (Å²) >= 11 is 0. The highest BCUT2D eigenvalue weighted by molar-refractivity contribution is 5.63. The summed E-state index contributed by atoms with van der Waals surface area (Å²) in [4.78, 5) is 18.0. The smallest absolute Gasteiger partial charge is 0.300 e. The van der Waals surface area contributed by atoms with Crippen LogP contribution in [0.4, 0.5) is 0 Å². The summed E-state index contributed by atoms with van der Waals surface area (Å²) in [5.41, 5.74) is 16.2. The first-order chi connectivity index (χ1) is 25.2. The lowest BCUT2D eigenvalue weighted by Gasteiger charge is -2.56. The van der Waals surface area contributed by atoms with Crippen molar-refractivity contribution in [2.24, 2.45) is 80.5 Å². The Hall–Kier alpha value is -1.82. The number of rotatable bonds is 6. The molecule has 0 heterocycles. The second-order valence-corrected chi connectivity index (χ2v) is 19.1. The van der Waals surface area contributed by atoms with E-state index in [2.05, 4.69) is 40.9 Å². The molecule has 0 aliphatic heterocycles. The topological polar surface area (TPSA) is 208 Å². The van der Waals surface area contributed by atoms with E-state index in [-0.39, 0.29) is 58.9 Å². The molecule has 10 N–H and O–H groups in total. The SMILES string of the molecule is C=C1CC[C@H]2[C@H](CN)[C@@H]([C@@]3(C)CC[C@H](O)C[C@@H]3CO)CC[C@]12C.C=C1CC[C@H]2[C@H](CN)[C@@H]([C@@]3(C)CC[C@H](O)C[C@@H]3CO)CC[C@]12C.CC(=O)O.CC(=O)O. The van der Waals surface area contributed by atoms with Gasteiger partial charge in [0.15, 0.2) is 0 Å². The molecule has 54 heavy (non-hydrogen) atoms. The number of carboxylic acids is 2. The van der Waals surface area contributed by atoms with E-state index in [1.807, 2.05) is 0 Å². The van der Waals surface area contributed by atoms with Crippen LogP contribution in [0.5, 0.6) is 0 Å². The van der Waals surface area contributed by atoms with Gasteiger partial charge in [-0.25, -0.2) is 0 Å². The molecular weight excluding hydrogens is 684 g/mol. The number of aliphatic carboxylic acids is 2. The van der Waals surface area contributed by atoms with Crippen LogP contribution in [0.1, 0.15) is 131 Å². The second kappa shape index (κ2) is 19.1. The molecule has 0 spiro atoms. The predicted octanol–water partition coefficient (Wildman–Crippen LogP) is 6.39. The Kier molecular flexibility index (Phi) is 16.5. The van der Waals surface area contributed by atoms with Crippen LogP contribution < -0.4 is 11.5 Å². The molecule has 14 atom stereocenters. The van der Waals surface area contributed by atoms with E-state index in [0.29, 0.717) is 35.5 Å². The summed E-state index contributed by atoms with van der Waals surface area (Å²) in [5.74, 6) is 2.26. The van der Waals surface area contributed by atoms with E-state index in [1.54, 1.807) is 0 Å². The van der Waals surface area contributed by atoms with Gasteiger partial charge in [0.05, 0.1) is 12.2 Å². The highest BCUT2D eigenvalue weighted by atomic mass is 16.4. The minimum Gasteiger partial charge on any atom is -0.481 e. The number of carboxylic acid groups (broad SMARTS) is 2. The molecule has 0 saturated heterocycles. The standard InChI is InChI=1S/2C20H35NO2.2C2H4O2/c2*1-13-4-5-17-16(11-21)18(7-9-19(13,17)2)20(3)8-6-15(23)10-14(20)12-22;2*1-2(3)4/h2*14-18,22-23H,1,4-12,21H2,2-3H3;2*1H3,(H,3,4)/t2*14-,15+,16+,17+,18+,19-,20+;;/m11../s1. The maximum absolute atomic E-state index is 10.0. The van der Waals surface area contributed by atoms with Crippen molar-refractivity contribution in [1.29, 1.82) is 0 Å². The van der Waals surface area contributed by atoms with Gasteiger partial charge in [-0.05, 0) is 172 Å². The lowest BCUT2D eigenvalue weighted by Crippen LogP contribution is -2.52. The average molecular weight is 763 g/mol. The molecule has 0 aromatic rings. The van der Waals surface area contributed by atoms with Crippen LogP contribution >= 0.6 is 0 Å². The van der Waals surface area contributed by atoms with Crippen LogP contribution in [0, 0.1) is 69.0 Å². The number of carbonyl (C=O) groups is 2. The summed E-state index contributed by atoms with van der Waals surface area (Å²) in [5, 5.41) is 54.8. The molecule has 0 aromatic heterocycles. The fourth-order valence-corrected chi connectivity index (χ4v) is 13.0. The molecule has 10 nitrogen and oxygen atoms in total. The monoisotopic (exact) mass is 763 g/mol. The van der Waals surface area contributed by atoms with Crippen molar-refractivity contribution >= 4 is 11.9 Å². The van der Waals surface area contributed by atoms with Gasteiger partial charge in [-0.15, -0.1) is 0 Å². The van der Waals surface area contributed by atoms with Crippen LogP contribution in [0.25, 0.3) is 0 Å².